The number of rotatable bonds is 6. The minimum Gasteiger partial charge on any atom is -0.451 e. The van der Waals surface area contributed by atoms with Crippen molar-refractivity contribution in [1.82, 2.24) is 0 Å². The molecular weight excluding hydrogens is 299 g/mol. The van der Waals surface area contributed by atoms with E-state index in [9.17, 15) is 13.2 Å². The molecule has 0 aliphatic rings. The van der Waals surface area contributed by atoms with Gasteiger partial charge in [0.05, 0.1) is 18.9 Å². The van der Waals surface area contributed by atoms with Gasteiger partial charge in [0.1, 0.15) is 5.76 Å². The van der Waals surface area contributed by atoms with E-state index in [-0.39, 0.29) is 17.7 Å². The molecule has 1 rings (SSSR count). The minimum atomic E-state index is -4.47. The fourth-order valence-corrected chi connectivity index (χ4v) is 2.16. The van der Waals surface area contributed by atoms with Gasteiger partial charge in [-0.3, -0.25) is 4.99 Å². The average Bonchev–Trinajstić information content (AvgIpc) is 2.75. The second-order valence-electron chi connectivity index (χ2n) is 6.21. The normalized spacial score (nSPS) is 15.1. The summed E-state index contributed by atoms with van der Waals surface area (Å²) in [4.78, 5) is 4.30. The predicted molar refractivity (Wildman–Crippen MR) is 79.2 cm³/mol. The molecule has 0 aliphatic carbocycles. The summed E-state index contributed by atoms with van der Waals surface area (Å²) in [6.45, 7) is 10.7. The highest BCUT2D eigenvalue weighted by Crippen LogP contribution is 2.30. The van der Waals surface area contributed by atoms with Crippen LogP contribution in [0.1, 0.15) is 25.4 Å². The number of furan rings is 1. The molecule has 1 aromatic rings. The van der Waals surface area contributed by atoms with Crippen molar-refractivity contribution >= 4 is 14.5 Å². The summed E-state index contributed by atoms with van der Waals surface area (Å²) in [5, 5.41) is 0. The second-order valence-corrected chi connectivity index (χ2v) is 10.7. The Balaban J connectivity index is 2.72. The first-order valence-electron chi connectivity index (χ1n) is 6.83. The van der Waals surface area contributed by atoms with Crippen molar-refractivity contribution in [2.75, 3.05) is 6.61 Å². The molecule has 0 saturated carbocycles. The monoisotopic (exact) mass is 321 g/mol. The third-order valence-electron chi connectivity index (χ3n) is 2.76. The van der Waals surface area contributed by atoms with Crippen LogP contribution in [-0.4, -0.2) is 27.2 Å². The van der Waals surface area contributed by atoms with Crippen LogP contribution < -0.4 is 0 Å². The van der Waals surface area contributed by atoms with Crippen molar-refractivity contribution in [1.29, 1.82) is 0 Å². The van der Waals surface area contributed by atoms with E-state index in [2.05, 4.69) is 24.6 Å². The molecule has 0 N–H and O–H groups in total. The van der Waals surface area contributed by atoms with Crippen LogP contribution >= 0.6 is 0 Å². The fourth-order valence-electron chi connectivity index (χ4n) is 1.49. The van der Waals surface area contributed by atoms with E-state index in [1.54, 1.807) is 0 Å². The smallest absolute Gasteiger partial charge is 0.449 e. The van der Waals surface area contributed by atoms with Crippen LogP contribution in [-0.2, 0) is 10.6 Å². The lowest BCUT2D eigenvalue weighted by molar-refractivity contribution is -0.153. The topological polar surface area (TPSA) is 34.7 Å². The first-order valence-corrected chi connectivity index (χ1v) is 10.2. The molecule has 21 heavy (non-hydrogen) atoms. The number of alkyl halides is 3. The number of halogens is 3. The maximum Gasteiger partial charge on any atom is 0.449 e. The predicted octanol–water partition coefficient (Wildman–Crippen LogP) is 4.59. The fraction of sp³-hybridized carbons (Fsp3) is 0.643. The molecule has 0 aromatic carbocycles. The Morgan fingerprint density at radius 1 is 1.29 bits per heavy atom. The Morgan fingerprint density at radius 3 is 2.33 bits per heavy atom. The molecular formula is C14H22F3NO2Si. The molecule has 3 nitrogen and oxygen atoms in total. The van der Waals surface area contributed by atoms with E-state index >= 15 is 0 Å². The van der Waals surface area contributed by atoms with E-state index in [0.717, 1.165) is 6.07 Å². The number of aliphatic imine (C=N–C) groups is 1. The minimum absolute atomic E-state index is 0.0981. The van der Waals surface area contributed by atoms with Crippen LogP contribution in [0.15, 0.2) is 21.5 Å². The largest absolute Gasteiger partial charge is 0.451 e. The summed E-state index contributed by atoms with van der Waals surface area (Å²) in [6.07, 6.45) is -3.13. The Hall–Kier alpha value is -1.08. The molecule has 0 bridgehead atoms. The molecule has 7 heteroatoms. The second kappa shape index (κ2) is 6.78. The highest BCUT2D eigenvalue weighted by Gasteiger charge is 2.34. The summed E-state index contributed by atoms with van der Waals surface area (Å²) in [5.41, 5.74) is 0. The Morgan fingerprint density at radius 2 is 1.90 bits per heavy atom. The standard InChI is InChI=1S/C14H22F3NO2Si/c1-10(2)12(9-19-21(3,4)5)18-8-11-6-7-13(20-11)14(15,16)17/h6-8,10,12H,9H2,1-5H3. The summed E-state index contributed by atoms with van der Waals surface area (Å²) in [6, 6.07) is 2.07. The molecule has 0 spiro atoms. The van der Waals surface area contributed by atoms with Crippen LogP contribution in [0.5, 0.6) is 0 Å². The van der Waals surface area contributed by atoms with Crippen molar-refractivity contribution in [3.8, 4) is 0 Å². The molecule has 0 saturated heterocycles. The number of nitrogens with zero attached hydrogens (tertiary/aromatic N) is 1. The molecule has 1 unspecified atom stereocenters. The van der Waals surface area contributed by atoms with E-state index in [1.165, 1.54) is 12.3 Å². The maximum atomic E-state index is 12.4. The van der Waals surface area contributed by atoms with Gasteiger partial charge in [-0.15, -0.1) is 0 Å². The van der Waals surface area contributed by atoms with Crippen molar-refractivity contribution < 1.29 is 22.0 Å². The Labute approximate surface area is 124 Å². The van der Waals surface area contributed by atoms with Crippen LogP contribution in [0.2, 0.25) is 19.6 Å². The summed E-state index contributed by atoms with van der Waals surface area (Å²) >= 11 is 0. The maximum absolute atomic E-state index is 12.4. The zero-order valence-electron chi connectivity index (χ0n) is 13.0. The van der Waals surface area contributed by atoms with E-state index in [1.807, 2.05) is 13.8 Å². The van der Waals surface area contributed by atoms with Crippen LogP contribution in [0.3, 0.4) is 0 Å². The Bertz CT molecular complexity index is 475. The lowest BCUT2D eigenvalue weighted by atomic mass is 10.1. The molecule has 1 atom stereocenters. The molecule has 0 aliphatic heterocycles. The van der Waals surface area contributed by atoms with Gasteiger partial charge in [0.2, 0.25) is 5.76 Å². The van der Waals surface area contributed by atoms with Gasteiger partial charge in [-0.05, 0) is 37.7 Å². The van der Waals surface area contributed by atoms with Gasteiger partial charge in [-0.2, -0.15) is 13.2 Å². The van der Waals surface area contributed by atoms with E-state index in [4.69, 9.17) is 8.84 Å². The van der Waals surface area contributed by atoms with E-state index < -0.39 is 20.3 Å². The quantitative estimate of drug-likeness (QED) is 0.567. The zero-order valence-corrected chi connectivity index (χ0v) is 14.0. The van der Waals surface area contributed by atoms with Gasteiger partial charge in [0.25, 0.3) is 0 Å². The average molecular weight is 321 g/mol. The van der Waals surface area contributed by atoms with Gasteiger partial charge in [0.15, 0.2) is 8.32 Å². The zero-order chi connectivity index (χ0) is 16.3. The third kappa shape index (κ3) is 6.47. The highest BCUT2D eigenvalue weighted by molar-refractivity contribution is 6.69. The molecule has 1 heterocycles. The van der Waals surface area contributed by atoms with Crippen LogP contribution in [0, 0.1) is 5.92 Å². The van der Waals surface area contributed by atoms with Gasteiger partial charge >= 0.3 is 6.18 Å². The summed E-state index contributed by atoms with van der Waals surface area (Å²) < 4.78 is 47.8. The molecule has 0 radical (unpaired) electrons. The van der Waals surface area contributed by atoms with Crippen molar-refractivity contribution in [2.24, 2.45) is 10.9 Å². The van der Waals surface area contributed by atoms with Crippen LogP contribution in [0.25, 0.3) is 0 Å². The first-order chi connectivity index (χ1) is 9.49. The molecule has 0 fully saturated rings. The highest BCUT2D eigenvalue weighted by atomic mass is 28.4. The third-order valence-corrected chi connectivity index (χ3v) is 3.79. The van der Waals surface area contributed by atoms with Gasteiger partial charge in [-0.25, -0.2) is 0 Å². The van der Waals surface area contributed by atoms with Crippen molar-refractivity contribution in [2.45, 2.75) is 45.7 Å². The lowest BCUT2D eigenvalue weighted by Crippen LogP contribution is -2.31. The first kappa shape index (κ1) is 18.0. The number of hydrogen-bond acceptors (Lipinski definition) is 3. The number of hydrogen-bond donors (Lipinski definition) is 0. The summed E-state index contributed by atoms with van der Waals surface area (Å²) in [5.74, 6) is -0.681. The summed E-state index contributed by atoms with van der Waals surface area (Å²) in [7, 11) is -1.64. The Kier molecular flexibility index (Phi) is 5.80. The molecule has 1 aromatic heterocycles. The van der Waals surface area contributed by atoms with Crippen LogP contribution in [0.4, 0.5) is 13.2 Å². The van der Waals surface area contributed by atoms with Crippen molar-refractivity contribution in [3.63, 3.8) is 0 Å². The molecule has 120 valence electrons. The lowest BCUT2D eigenvalue weighted by Gasteiger charge is -2.23. The van der Waals surface area contributed by atoms with Gasteiger partial charge in [0, 0.05) is 0 Å². The van der Waals surface area contributed by atoms with Gasteiger partial charge in [-0.1, -0.05) is 13.8 Å². The van der Waals surface area contributed by atoms with Crippen molar-refractivity contribution in [3.05, 3.63) is 23.7 Å². The SMILES string of the molecule is CC(C)C(CO[Si](C)(C)C)N=Cc1ccc(C(F)(F)F)o1. The van der Waals surface area contributed by atoms with Gasteiger partial charge < -0.3 is 8.84 Å². The van der Waals surface area contributed by atoms with E-state index in [0.29, 0.717) is 6.61 Å². The molecule has 0 amide bonds.